The Morgan fingerprint density at radius 1 is 1.33 bits per heavy atom. The largest absolute Gasteiger partial charge is 0.492 e. The summed E-state index contributed by atoms with van der Waals surface area (Å²) in [6, 6.07) is 7.34. The molecule has 92 valence electrons. The SMILES string of the molecule is CCCOc1c(Br)cc(Br)cc1C=C(C#N)C#N. The molecule has 0 unspecified atom stereocenters. The molecule has 1 aromatic rings. The quantitative estimate of drug-likeness (QED) is 0.737. The molecule has 0 atom stereocenters. The fourth-order valence-corrected chi connectivity index (χ4v) is 2.66. The van der Waals surface area contributed by atoms with E-state index in [1.807, 2.05) is 31.2 Å². The Kier molecular flexibility index (Phi) is 5.91. The van der Waals surface area contributed by atoms with Crippen LogP contribution in [-0.2, 0) is 0 Å². The first kappa shape index (κ1) is 14.8. The monoisotopic (exact) mass is 368 g/mol. The van der Waals surface area contributed by atoms with Crippen molar-refractivity contribution in [3.05, 3.63) is 32.2 Å². The molecule has 0 saturated heterocycles. The van der Waals surface area contributed by atoms with Gasteiger partial charge in [-0.3, -0.25) is 0 Å². The topological polar surface area (TPSA) is 56.8 Å². The third-order valence-electron chi connectivity index (χ3n) is 2.03. The molecule has 0 N–H and O–H groups in total. The average Bonchev–Trinajstić information content (AvgIpc) is 2.34. The predicted molar refractivity (Wildman–Crippen MR) is 76.8 cm³/mol. The molecule has 3 nitrogen and oxygen atoms in total. The summed E-state index contributed by atoms with van der Waals surface area (Å²) < 4.78 is 7.26. The fraction of sp³-hybridized carbons (Fsp3) is 0.231. The van der Waals surface area contributed by atoms with Crippen LogP contribution in [0.2, 0.25) is 0 Å². The van der Waals surface area contributed by atoms with Crippen molar-refractivity contribution >= 4 is 37.9 Å². The number of nitrogens with zero attached hydrogens (tertiary/aromatic N) is 2. The Hall–Kier alpha value is -1.30. The highest BCUT2D eigenvalue weighted by Gasteiger charge is 2.09. The van der Waals surface area contributed by atoms with Crippen molar-refractivity contribution in [2.75, 3.05) is 6.61 Å². The van der Waals surface area contributed by atoms with Gasteiger partial charge in [-0.25, -0.2) is 0 Å². The van der Waals surface area contributed by atoms with Gasteiger partial charge in [0.25, 0.3) is 0 Å². The number of nitriles is 2. The zero-order valence-corrected chi connectivity index (χ0v) is 12.9. The first-order valence-corrected chi connectivity index (χ1v) is 6.84. The zero-order valence-electron chi connectivity index (χ0n) is 9.70. The summed E-state index contributed by atoms with van der Waals surface area (Å²) >= 11 is 6.78. The second-order valence-corrected chi connectivity index (χ2v) is 5.21. The lowest BCUT2D eigenvalue weighted by Gasteiger charge is -2.11. The van der Waals surface area contributed by atoms with Gasteiger partial charge in [0.2, 0.25) is 0 Å². The van der Waals surface area contributed by atoms with Gasteiger partial charge in [-0.1, -0.05) is 22.9 Å². The molecule has 0 saturated carbocycles. The minimum absolute atomic E-state index is 0.0429. The van der Waals surface area contributed by atoms with Gasteiger partial charge >= 0.3 is 0 Å². The van der Waals surface area contributed by atoms with Crippen LogP contribution in [0.1, 0.15) is 18.9 Å². The number of benzene rings is 1. The molecule has 0 aliphatic rings. The highest BCUT2D eigenvalue weighted by molar-refractivity contribution is 9.11. The maximum absolute atomic E-state index is 8.79. The number of rotatable bonds is 4. The van der Waals surface area contributed by atoms with E-state index in [2.05, 4.69) is 31.9 Å². The summed E-state index contributed by atoms with van der Waals surface area (Å²) in [4.78, 5) is 0. The fourth-order valence-electron chi connectivity index (χ4n) is 1.29. The molecule has 0 aliphatic carbocycles. The summed E-state index contributed by atoms with van der Waals surface area (Å²) in [7, 11) is 0. The molecule has 0 bridgehead atoms. The van der Waals surface area contributed by atoms with E-state index in [-0.39, 0.29) is 5.57 Å². The lowest BCUT2D eigenvalue weighted by Crippen LogP contribution is -1.98. The van der Waals surface area contributed by atoms with Gasteiger partial charge in [0.15, 0.2) is 0 Å². The Morgan fingerprint density at radius 2 is 2.00 bits per heavy atom. The van der Waals surface area contributed by atoms with E-state index >= 15 is 0 Å². The highest BCUT2D eigenvalue weighted by Crippen LogP contribution is 2.34. The lowest BCUT2D eigenvalue weighted by molar-refractivity contribution is 0.315. The van der Waals surface area contributed by atoms with E-state index in [0.717, 1.165) is 15.4 Å². The van der Waals surface area contributed by atoms with Crippen molar-refractivity contribution < 1.29 is 4.74 Å². The number of hydrogen-bond acceptors (Lipinski definition) is 3. The van der Waals surface area contributed by atoms with E-state index in [9.17, 15) is 0 Å². The van der Waals surface area contributed by atoms with Gasteiger partial charge in [-0.05, 0) is 40.6 Å². The Bertz CT molecular complexity index is 537. The van der Waals surface area contributed by atoms with Crippen molar-refractivity contribution in [2.24, 2.45) is 0 Å². The van der Waals surface area contributed by atoms with Crippen LogP contribution in [0.25, 0.3) is 6.08 Å². The van der Waals surface area contributed by atoms with Gasteiger partial charge in [-0.2, -0.15) is 10.5 Å². The molecule has 0 aliphatic heterocycles. The predicted octanol–water partition coefficient (Wildman–Crippen LogP) is 4.43. The van der Waals surface area contributed by atoms with Gasteiger partial charge in [0.1, 0.15) is 23.5 Å². The Balaban J connectivity index is 3.29. The summed E-state index contributed by atoms with van der Waals surface area (Å²) in [5.74, 6) is 0.642. The minimum Gasteiger partial charge on any atom is -0.492 e. The Labute approximate surface area is 123 Å². The van der Waals surface area contributed by atoms with E-state index in [0.29, 0.717) is 17.9 Å². The first-order valence-electron chi connectivity index (χ1n) is 5.26. The number of ether oxygens (including phenoxy) is 1. The van der Waals surface area contributed by atoms with Crippen molar-refractivity contribution in [2.45, 2.75) is 13.3 Å². The molecular formula is C13H10Br2N2O. The van der Waals surface area contributed by atoms with Crippen molar-refractivity contribution in [1.82, 2.24) is 0 Å². The van der Waals surface area contributed by atoms with Crippen LogP contribution in [0, 0.1) is 22.7 Å². The second kappa shape index (κ2) is 7.20. The zero-order chi connectivity index (χ0) is 13.5. The average molecular weight is 370 g/mol. The molecule has 0 spiro atoms. The van der Waals surface area contributed by atoms with Crippen LogP contribution in [0.3, 0.4) is 0 Å². The molecule has 0 radical (unpaired) electrons. The maximum atomic E-state index is 8.79. The Morgan fingerprint density at radius 3 is 2.56 bits per heavy atom. The number of allylic oxidation sites excluding steroid dienone is 1. The lowest BCUT2D eigenvalue weighted by atomic mass is 10.1. The normalized spacial score (nSPS) is 9.17. The number of hydrogen-bond donors (Lipinski definition) is 0. The summed E-state index contributed by atoms with van der Waals surface area (Å²) in [6.45, 7) is 2.59. The van der Waals surface area contributed by atoms with Crippen LogP contribution in [0.4, 0.5) is 0 Å². The van der Waals surface area contributed by atoms with E-state index in [1.165, 1.54) is 6.08 Å². The van der Waals surface area contributed by atoms with Crippen LogP contribution in [0.15, 0.2) is 26.7 Å². The van der Waals surface area contributed by atoms with E-state index in [1.54, 1.807) is 0 Å². The van der Waals surface area contributed by atoms with Crippen molar-refractivity contribution in [3.8, 4) is 17.9 Å². The van der Waals surface area contributed by atoms with Gasteiger partial charge in [0.05, 0.1) is 11.1 Å². The van der Waals surface area contributed by atoms with Gasteiger partial charge in [-0.15, -0.1) is 0 Å². The van der Waals surface area contributed by atoms with Crippen LogP contribution < -0.4 is 4.74 Å². The van der Waals surface area contributed by atoms with Gasteiger partial charge < -0.3 is 4.74 Å². The smallest absolute Gasteiger partial charge is 0.140 e. The van der Waals surface area contributed by atoms with E-state index in [4.69, 9.17) is 15.3 Å². The molecular weight excluding hydrogens is 360 g/mol. The number of halogens is 2. The van der Waals surface area contributed by atoms with Crippen LogP contribution >= 0.6 is 31.9 Å². The van der Waals surface area contributed by atoms with Crippen LogP contribution in [0.5, 0.6) is 5.75 Å². The third kappa shape index (κ3) is 3.87. The molecule has 1 aromatic carbocycles. The highest BCUT2D eigenvalue weighted by atomic mass is 79.9. The standard InChI is InChI=1S/C13H10Br2N2O/c1-2-3-18-13-10(4-9(7-16)8-17)5-11(14)6-12(13)15/h4-6H,2-3H2,1H3. The van der Waals surface area contributed by atoms with Crippen molar-refractivity contribution in [3.63, 3.8) is 0 Å². The summed E-state index contributed by atoms with van der Waals surface area (Å²) in [6.07, 6.45) is 2.40. The van der Waals surface area contributed by atoms with Gasteiger partial charge in [0, 0.05) is 10.0 Å². The molecule has 0 heterocycles. The van der Waals surface area contributed by atoms with E-state index < -0.39 is 0 Å². The first-order chi connectivity index (χ1) is 8.62. The molecule has 1 rings (SSSR count). The maximum Gasteiger partial charge on any atom is 0.140 e. The third-order valence-corrected chi connectivity index (χ3v) is 3.08. The molecule has 18 heavy (non-hydrogen) atoms. The molecule has 0 fully saturated rings. The van der Waals surface area contributed by atoms with Crippen LogP contribution in [-0.4, -0.2) is 6.61 Å². The minimum atomic E-state index is 0.0429. The summed E-state index contributed by atoms with van der Waals surface area (Å²) in [5.41, 5.74) is 0.740. The summed E-state index contributed by atoms with van der Waals surface area (Å²) in [5, 5.41) is 17.6. The second-order valence-electron chi connectivity index (χ2n) is 3.44. The molecule has 0 amide bonds. The molecule has 5 heteroatoms. The molecule has 0 aromatic heterocycles. The van der Waals surface area contributed by atoms with Crippen molar-refractivity contribution in [1.29, 1.82) is 10.5 Å².